The molecule has 2 aliphatic heterocycles. The van der Waals surface area contributed by atoms with E-state index < -0.39 is 0 Å². The van der Waals surface area contributed by atoms with Gasteiger partial charge in [-0.15, -0.1) is 0 Å². The molecule has 136 valence electrons. The maximum Gasteiger partial charge on any atom is 0.255 e. The number of pyridine rings is 1. The van der Waals surface area contributed by atoms with Gasteiger partial charge in [0.25, 0.3) is 5.91 Å². The predicted octanol–water partition coefficient (Wildman–Crippen LogP) is 3.58. The number of aryl methyl sites for hydroxylation is 1. The Balaban J connectivity index is 1.59. The van der Waals surface area contributed by atoms with Gasteiger partial charge in [-0.2, -0.15) is 0 Å². The van der Waals surface area contributed by atoms with Crippen LogP contribution in [-0.2, 0) is 0 Å². The monoisotopic (exact) mass is 357 g/mol. The van der Waals surface area contributed by atoms with Gasteiger partial charge in [0.1, 0.15) is 0 Å². The lowest BCUT2D eigenvalue weighted by atomic mass is 9.89. The van der Waals surface area contributed by atoms with Gasteiger partial charge in [-0.1, -0.05) is 42.0 Å². The van der Waals surface area contributed by atoms with E-state index in [9.17, 15) is 4.79 Å². The topological polar surface area (TPSA) is 45.2 Å². The van der Waals surface area contributed by atoms with Crippen LogP contribution in [0.5, 0.6) is 0 Å². The lowest BCUT2D eigenvalue weighted by Gasteiger charge is -2.29. The number of aromatic nitrogens is 1. The third-order valence-electron chi connectivity index (χ3n) is 6.09. The van der Waals surface area contributed by atoms with Crippen molar-refractivity contribution in [3.8, 4) is 0 Å². The van der Waals surface area contributed by atoms with E-state index in [0.29, 0.717) is 11.8 Å². The van der Waals surface area contributed by atoms with E-state index in [0.717, 1.165) is 41.7 Å². The zero-order chi connectivity index (χ0) is 18.4. The van der Waals surface area contributed by atoms with E-state index in [2.05, 4.69) is 52.5 Å². The largest absolute Gasteiger partial charge is 0.331 e. The van der Waals surface area contributed by atoms with Gasteiger partial charge in [-0.25, -0.2) is 0 Å². The number of benzene rings is 2. The number of nitrogens with zero attached hydrogens (tertiary/aromatic N) is 2. The van der Waals surface area contributed by atoms with E-state index in [4.69, 9.17) is 0 Å². The van der Waals surface area contributed by atoms with Crippen molar-refractivity contribution in [1.29, 1.82) is 0 Å². The highest BCUT2D eigenvalue weighted by atomic mass is 16.2. The first-order chi connectivity index (χ1) is 13.2. The molecule has 4 nitrogen and oxygen atoms in total. The molecule has 3 heterocycles. The average molecular weight is 357 g/mol. The normalized spacial score (nSPS) is 24.3. The minimum atomic E-state index is 0.122. The molecule has 2 saturated heterocycles. The summed E-state index contributed by atoms with van der Waals surface area (Å²) in [5, 5.41) is 4.46. The van der Waals surface area contributed by atoms with E-state index in [1.165, 1.54) is 5.56 Å². The van der Waals surface area contributed by atoms with Crippen LogP contribution >= 0.6 is 0 Å². The Morgan fingerprint density at radius 1 is 1.11 bits per heavy atom. The molecule has 1 N–H and O–H groups in total. The predicted molar refractivity (Wildman–Crippen MR) is 107 cm³/mol. The number of carbonyl (C=O) groups excluding carboxylic acids is 1. The fourth-order valence-corrected chi connectivity index (χ4v) is 4.81. The molecule has 2 fully saturated rings. The van der Waals surface area contributed by atoms with Crippen LogP contribution in [0.4, 0.5) is 0 Å². The van der Waals surface area contributed by atoms with Crippen molar-refractivity contribution >= 4 is 16.8 Å². The van der Waals surface area contributed by atoms with Gasteiger partial charge in [-0.3, -0.25) is 9.78 Å². The maximum absolute atomic E-state index is 13.7. The fraction of sp³-hybridized carbons (Fsp3) is 0.304. The minimum Gasteiger partial charge on any atom is -0.331 e. The molecule has 1 aromatic heterocycles. The fourth-order valence-electron chi connectivity index (χ4n) is 4.81. The average Bonchev–Trinajstić information content (AvgIpc) is 3.28. The number of rotatable bonds is 2. The molecule has 0 bridgehead atoms. The van der Waals surface area contributed by atoms with Crippen LogP contribution in [0.2, 0.25) is 0 Å². The highest BCUT2D eigenvalue weighted by molar-refractivity contribution is 6.06. The second kappa shape index (κ2) is 6.46. The summed E-state index contributed by atoms with van der Waals surface area (Å²) in [5.74, 6) is 1.12. The van der Waals surface area contributed by atoms with Crippen LogP contribution in [-0.4, -0.2) is 35.4 Å². The number of fused-ring (bicyclic) bond motifs is 2. The molecule has 0 radical (unpaired) electrons. The lowest BCUT2D eigenvalue weighted by molar-refractivity contribution is 0.0716. The molecular formula is C23H23N3O. The van der Waals surface area contributed by atoms with Crippen molar-refractivity contribution in [3.63, 3.8) is 0 Å². The van der Waals surface area contributed by atoms with Crippen LogP contribution in [0.15, 0.2) is 60.8 Å². The molecule has 0 aliphatic carbocycles. The van der Waals surface area contributed by atoms with E-state index >= 15 is 0 Å². The molecule has 2 aliphatic rings. The first kappa shape index (κ1) is 16.5. The van der Waals surface area contributed by atoms with Crippen LogP contribution in [0.1, 0.15) is 27.5 Å². The summed E-state index contributed by atoms with van der Waals surface area (Å²) in [6.45, 7) is 4.84. The molecule has 27 heavy (non-hydrogen) atoms. The Bertz CT molecular complexity index is 1000. The van der Waals surface area contributed by atoms with E-state index in [1.807, 2.05) is 24.3 Å². The first-order valence-corrected chi connectivity index (χ1v) is 9.64. The number of hydrogen-bond donors (Lipinski definition) is 1. The highest BCUT2D eigenvalue weighted by Crippen LogP contribution is 2.43. The van der Waals surface area contributed by atoms with Crippen LogP contribution in [0.3, 0.4) is 0 Å². The number of hydrogen-bond acceptors (Lipinski definition) is 3. The molecule has 3 aromatic rings. The summed E-state index contributed by atoms with van der Waals surface area (Å²) in [7, 11) is 0. The molecule has 1 amide bonds. The molecule has 5 rings (SSSR count). The van der Waals surface area contributed by atoms with E-state index in [-0.39, 0.29) is 11.9 Å². The molecule has 0 saturated carbocycles. The SMILES string of the molecule is Cc1ccc2nccc(C(=O)N3C[C@@H]4CNC[C@@H]4[C@H]3c3ccccc3)c2c1. The van der Waals surface area contributed by atoms with Crippen LogP contribution in [0, 0.1) is 18.8 Å². The maximum atomic E-state index is 13.7. The molecule has 0 spiro atoms. The third kappa shape index (κ3) is 2.72. The Morgan fingerprint density at radius 2 is 1.96 bits per heavy atom. The summed E-state index contributed by atoms with van der Waals surface area (Å²) in [6.07, 6.45) is 1.75. The quantitative estimate of drug-likeness (QED) is 0.762. The number of likely N-dealkylation sites (tertiary alicyclic amines) is 1. The minimum absolute atomic E-state index is 0.122. The van der Waals surface area contributed by atoms with Crippen LogP contribution < -0.4 is 5.32 Å². The van der Waals surface area contributed by atoms with Crippen molar-refractivity contribution in [2.24, 2.45) is 11.8 Å². The van der Waals surface area contributed by atoms with Gasteiger partial charge in [0.2, 0.25) is 0 Å². The Kier molecular flexibility index (Phi) is 3.94. The zero-order valence-electron chi connectivity index (χ0n) is 15.4. The highest BCUT2D eigenvalue weighted by Gasteiger charge is 2.46. The van der Waals surface area contributed by atoms with Gasteiger partial charge in [-0.05, 0) is 36.6 Å². The second-order valence-electron chi connectivity index (χ2n) is 7.77. The number of carbonyl (C=O) groups is 1. The third-order valence-corrected chi connectivity index (χ3v) is 6.09. The first-order valence-electron chi connectivity index (χ1n) is 9.64. The summed E-state index contributed by atoms with van der Waals surface area (Å²) in [5.41, 5.74) is 4.02. The van der Waals surface area contributed by atoms with Crippen molar-refractivity contribution in [3.05, 3.63) is 77.5 Å². The Hall–Kier alpha value is -2.72. The van der Waals surface area contributed by atoms with Gasteiger partial charge in [0.05, 0.1) is 17.1 Å². The molecule has 0 unspecified atom stereocenters. The van der Waals surface area contributed by atoms with Gasteiger partial charge in [0, 0.05) is 37.1 Å². The number of nitrogens with one attached hydrogen (secondary N) is 1. The van der Waals surface area contributed by atoms with Gasteiger partial charge < -0.3 is 10.2 Å². The number of amides is 1. The smallest absolute Gasteiger partial charge is 0.255 e. The van der Waals surface area contributed by atoms with E-state index in [1.54, 1.807) is 6.20 Å². The van der Waals surface area contributed by atoms with Gasteiger partial charge >= 0.3 is 0 Å². The van der Waals surface area contributed by atoms with Crippen molar-refractivity contribution in [1.82, 2.24) is 15.2 Å². The molecule has 4 heteroatoms. The van der Waals surface area contributed by atoms with Crippen LogP contribution in [0.25, 0.3) is 10.9 Å². The molecule has 3 atom stereocenters. The summed E-state index contributed by atoms with van der Waals surface area (Å²) >= 11 is 0. The molecular weight excluding hydrogens is 334 g/mol. The Morgan fingerprint density at radius 3 is 2.81 bits per heavy atom. The second-order valence-corrected chi connectivity index (χ2v) is 7.77. The zero-order valence-corrected chi connectivity index (χ0v) is 15.4. The van der Waals surface area contributed by atoms with Crippen molar-refractivity contribution < 1.29 is 4.79 Å². The summed E-state index contributed by atoms with van der Waals surface area (Å²) in [4.78, 5) is 20.2. The molecule has 2 aromatic carbocycles. The van der Waals surface area contributed by atoms with Crippen molar-refractivity contribution in [2.45, 2.75) is 13.0 Å². The Labute approximate surface area is 159 Å². The standard InChI is InChI=1S/C23H23N3O/c1-15-7-8-21-19(11-15)18(9-10-25-21)23(27)26-14-17-12-24-13-20(17)22(26)16-5-3-2-4-6-16/h2-11,17,20,22,24H,12-14H2,1H3/t17-,20-,22+/m0/s1. The van der Waals surface area contributed by atoms with Crippen molar-refractivity contribution in [2.75, 3.05) is 19.6 Å². The summed E-state index contributed by atoms with van der Waals surface area (Å²) in [6, 6.07) is 18.6. The van der Waals surface area contributed by atoms with Gasteiger partial charge in [0.15, 0.2) is 0 Å². The lowest BCUT2D eigenvalue weighted by Crippen LogP contribution is -2.34. The summed E-state index contributed by atoms with van der Waals surface area (Å²) < 4.78 is 0.